The van der Waals surface area contributed by atoms with Crippen molar-refractivity contribution in [3.8, 4) is 0 Å². The summed E-state index contributed by atoms with van der Waals surface area (Å²) in [4.78, 5) is 26.4. The molecule has 2 amide bonds. The third-order valence-corrected chi connectivity index (χ3v) is 4.95. The van der Waals surface area contributed by atoms with Crippen LogP contribution < -0.4 is 10.6 Å². The lowest BCUT2D eigenvalue weighted by molar-refractivity contribution is -0.127. The molecule has 0 bridgehead atoms. The number of nitrogens with one attached hydrogen (secondary N) is 2. The number of aryl methyl sites for hydroxylation is 2. The third-order valence-electron chi connectivity index (χ3n) is 4.22. The van der Waals surface area contributed by atoms with Crippen LogP contribution >= 0.6 is 11.3 Å². The van der Waals surface area contributed by atoms with Crippen LogP contribution in [0.5, 0.6) is 0 Å². The average Bonchev–Trinajstić information content (AvgIpc) is 3.08. The molecule has 1 aromatic heterocycles. The average molecular weight is 359 g/mol. The van der Waals surface area contributed by atoms with Crippen molar-refractivity contribution >= 4 is 28.8 Å². The largest absolute Gasteiger partial charge is 0.346 e. The predicted octanol–water partition coefficient (Wildman–Crippen LogP) is 2.94. The second-order valence-electron chi connectivity index (χ2n) is 6.26. The van der Waals surface area contributed by atoms with E-state index >= 15 is 0 Å². The van der Waals surface area contributed by atoms with Crippen LogP contribution in [0.2, 0.25) is 0 Å². The van der Waals surface area contributed by atoms with Crippen molar-refractivity contribution in [3.63, 3.8) is 0 Å². The van der Waals surface area contributed by atoms with Crippen LogP contribution in [0.25, 0.3) is 0 Å². The molecule has 6 heteroatoms. The lowest BCUT2D eigenvalue weighted by Crippen LogP contribution is -2.45. The molecule has 5 nitrogen and oxygen atoms in total. The van der Waals surface area contributed by atoms with E-state index in [-0.39, 0.29) is 24.4 Å². The summed E-state index contributed by atoms with van der Waals surface area (Å²) in [5, 5.41) is 9.67. The Hall–Kier alpha value is -2.18. The molecule has 2 rings (SSSR count). The number of carbonyl (C=O) groups is 2. The lowest BCUT2D eigenvalue weighted by Gasteiger charge is -2.23. The molecule has 0 aliphatic carbocycles. The molecule has 1 atom stereocenters. The summed E-state index contributed by atoms with van der Waals surface area (Å²) in [6.45, 7) is 6.40. The molecule has 2 N–H and O–H groups in total. The second kappa shape index (κ2) is 8.78. The summed E-state index contributed by atoms with van der Waals surface area (Å²) in [7, 11) is 1.90. The fourth-order valence-corrected chi connectivity index (χ4v) is 3.18. The number of hydrogen-bond donors (Lipinski definition) is 2. The van der Waals surface area contributed by atoms with E-state index in [2.05, 4.69) is 16.0 Å². The number of nitrogens with zero attached hydrogens (tertiary/aromatic N) is 1. The fourth-order valence-electron chi connectivity index (χ4n) is 2.52. The SMILES string of the molecule is Cc1cccc(C)c1NC(=O)CNC(=O)[C@@H](C)N(C)Cc1ccsc1. The van der Waals surface area contributed by atoms with Crippen LogP contribution in [0.4, 0.5) is 5.69 Å². The van der Waals surface area contributed by atoms with Gasteiger partial charge in [-0.05, 0) is 61.3 Å². The van der Waals surface area contributed by atoms with Gasteiger partial charge in [-0.1, -0.05) is 18.2 Å². The van der Waals surface area contributed by atoms with Gasteiger partial charge in [0.25, 0.3) is 0 Å². The summed E-state index contributed by atoms with van der Waals surface area (Å²) in [6.07, 6.45) is 0. The summed E-state index contributed by atoms with van der Waals surface area (Å²) in [5.41, 5.74) is 4.00. The molecule has 0 unspecified atom stereocenters. The molecular weight excluding hydrogens is 334 g/mol. The minimum Gasteiger partial charge on any atom is -0.346 e. The number of anilines is 1. The van der Waals surface area contributed by atoms with Crippen molar-refractivity contribution in [1.29, 1.82) is 0 Å². The van der Waals surface area contributed by atoms with E-state index in [4.69, 9.17) is 0 Å². The van der Waals surface area contributed by atoms with Crippen molar-refractivity contribution in [3.05, 3.63) is 51.7 Å². The first-order chi connectivity index (χ1) is 11.9. The van der Waals surface area contributed by atoms with Gasteiger partial charge >= 0.3 is 0 Å². The number of rotatable bonds is 7. The van der Waals surface area contributed by atoms with E-state index in [1.165, 1.54) is 5.56 Å². The first-order valence-electron chi connectivity index (χ1n) is 8.23. The van der Waals surface area contributed by atoms with Gasteiger partial charge in [-0.3, -0.25) is 14.5 Å². The Morgan fingerprint density at radius 3 is 2.48 bits per heavy atom. The number of amides is 2. The quantitative estimate of drug-likeness (QED) is 0.799. The van der Waals surface area contributed by atoms with Crippen LogP contribution in [-0.4, -0.2) is 36.3 Å². The maximum atomic E-state index is 12.3. The van der Waals surface area contributed by atoms with Gasteiger partial charge in [-0.15, -0.1) is 0 Å². The first-order valence-corrected chi connectivity index (χ1v) is 9.18. The second-order valence-corrected chi connectivity index (χ2v) is 7.04. The molecule has 1 heterocycles. The molecule has 134 valence electrons. The van der Waals surface area contributed by atoms with Gasteiger partial charge in [0.1, 0.15) is 0 Å². The molecule has 1 aromatic carbocycles. The van der Waals surface area contributed by atoms with Crippen LogP contribution in [0, 0.1) is 13.8 Å². The maximum Gasteiger partial charge on any atom is 0.243 e. The highest BCUT2D eigenvalue weighted by Crippen LogP contribution is 2.19. The molecule has 0 spiro atoms. The Morgan fingerprint density at radius 2 is 1.88 bits per heavy atom. The molecule has 0 radical (unpaired) electrons. The highest BCUT2D eigenvalue weighted by molar-refractivity contribution is 7.07. The van der Waals surface area contributed by atoms with E-state index in [0.29, 0.717) is 6.54 Å². The zero-order chi connectivity index (χ0) is 18.4. The van der Waals surface area contributed by atoms with Crippen molar-refractivity contribution in [2.45, 2.75) is 33.4 Å². The normalized spacial score (nSPS) is 12.0. The van der Waals surface area contributed by atoms with Gasteiger partial charge in [0.05, 0.1) is 12.6 Å². The van der Waals surface area contributed by atoms with Gasteiger partial charge in [0.15, 0.2) is 0 Å². The zero-order valence-electron chi connectivity index (χ0n) is 15.1. The number of carbonyl (C=O) groups excluding carboxylic acids is 2. The number of likely N-dealkylation sites (N-methyl/N-ethyl adjacent to an activating group) is 1. The van der Waals surface area contributed by atoms with E-state index in [1.807, 2.05) is 62.4 Å². The summed E-state index contributed by atoms with van der Waals surface area (Å²) in [6, 6.07) is 7.58. The van der Waals surface area contributed by atoms with Crippen LogP contribution in [0.15, 0.2) is 35.0 Å². The molecular formula is C19H25N3O2S. The van der Waals surface area contributed by atoms with Gasteiger partial charge in [-0.25, -0.2) is 0 Å². The Bertz CT molecular complexity index is 708. The zero-order valence-corrected chi connectivity index (χ0v) is 15.9. The number of benzene rings is 1. The van der Waals surface area contributed by atoms with E-state index in [9.17, 15) is 9.59 Å². The molecule has 0 saturated carbocycles. The standard InChI is InChI=1S/C19H25N3O2S/c1-13-6-5-7-14(2)18(13)21-17(23)10-20-19(24)15(3)22(4)11-16-8-9-25-12-16/h5-9,12,15H,10-11H2,1-4H3,(H,20,24)(H,21,23)/t15-/m1/s1. The molecule has 0 aliphatic heterocycles. The van der Waals surface area contributed by atoms with Crippen molar-refractivity contribution in [2.24, 2.45) is 0 Å². The third kappa shape index (κ3) is 5.41. The van der Waals surface area contributed by atoms with Gasteiger partial charge in [-0.2, -0.15) is 11.3 Å². The molecule has 0 saturated heterocycles. The van der Waals surface area contributed by atoms with Crippen LogP contribution in [0.3, 0.4) is 0 Å². The van der Waals surface area contributed by atoms with Crippen LogP contribution in [0.1, 0.15) is 23.6 Å². The van der Waals surface area contributed by atoms with E-state index in [1.54, 1.807) is 11.3 Å². The minimum atomic E-state index is -0.312. The monoisotopic (exact) mass is 359 g/mol. The summed E-state index contributed by atoms with van der Waals surface area (Å²) < 4.78 is 0. The van der Waals surface area contributed by atoms with E-state index in [0.717, 1.165) is 16.8 Å². The number of hydrogen-bond acceptors (Lipinski definition) is 4. The van der Waals surface area contributed by atoms with Gasteiger partial charge in [0.2, 0.25) is 11.8 Å². The molecule has 0 fully saturated rings. The molecule has 0 aliphatic rings. The first kappa shape index (κ1) is 19.1. The van der Waals surface area contributed by atoms with Gasteiger partial charge in [0, 0.05) is 12.2 Å². The number of thiophene rings is 1. The number of para-hydroxylation sites is 1. The Morgan fingerprint density at radius 1 is 1.20 bits per heavy atom. The Balaban J connectivity index is 1.83. The Labute approximate surface area is 153 Å². The molecule has 25 heavy (non-hydrogen) atoms. The van der Waals surface area contributed by atoms with E-state index < -0.39 is 0 Å². The summed E-state index contributed by atoms with van der Waals surface area (Å²) in [5.74, 6) is -0.382. The smallest absolute Gasteiger partial charge is 0.243 e. The summed E-state index contributed by atoms with van der Waals surface area (Å²) >= 11 is 1.64. The van der Waals surface area contributed by atoms with Crippen molar-refractivity contribution in [2.75, 3.05) is 18.9 Å². The molecule has 2 aromatic rings. The van der Waals surface area contributed by atoms with Crippen LogP contribution in [-0.2, 0) is 16.1 Å². The minimum absolute atomic E-state index is 0.0385. The van der Waals surface area contributed by atoms with Crippen molar-refractivity contribution < 1.29 is 9.59 Å². The maximum absolute atomic E-state index is 12.3. The Kier molecular flexibility index (Phi) is 6.73. The van der Waals surface area contributed by atoms with Crippen molar-refractivity contribution in [1.82, 2.24) is 10.2 Å². The highest BCUT2D eigenvalue weighted by Gasteiger charge is 2.19. The highest BCUT2D eigenvalue weighted by atomic mass is 32.1. The fraction of sp³-hybridized carbons (Fsp3) is 0.368. The van der Waals surface area contributed by atoms with Gasteiger partial charge < -0.3 is 10.6 Å². The lowest BCUT2D eigenvalue weighted by atomic mass is 10.1. The predicted molar refractivity (Wildman–Crippen MR) is 103 cm³/mol. The topological polar surface area (TPSA) is 61.4 Å².